The average Bonchev–Trinajstić information content (AvgIpc) is 3.10. The quantitative estimate of drug-likeness (QED) is 0.813. The lowest BCUT2D eigenvalue weighted by Crippen LogP contribution is -2.65. The summed E-state index contributed by atoms with van der Waals surface area (Å²) in [5, 5.41) is 8.76. The number of carbonyl (C=O) groups is 2. The topological polar surface area (TPSA) is 78.1 Å². The Morgan fingerprint density at radius 2 is 2.08 bits per heavy atom. The highest BCUT2D eigenvalue weighted by Crippen LogP contribution is 2.29. The van der Waals surface area contributed by atoms with Gasteiger partial charge < -0.3 is 10.2 Å². The third-order valence-electron chi connectivity index (χ3n) is 5.10. The van der Waals surface area contributed by atoms with Crippen LogP contribution in [0.5, 0.6) is 0 Å². The van der Waals surface area contributed by atoms with E-state index in [4.69, 9.17) is 0 Å². The number of carbonyl (C=O) groups excluding carboxylic acids is 2. The zero-order valence-corrected chi connectivity index (χ0v) is 14.1. The number of hydrogen-bond donors (Lipinski definition) is 2. The maximum atomic E-state index is 14.5. The number of nitrogens with zero attached hydrogens (tertiary/aromatic N) is 2. The molecule has 1 saturated carbocycles. The number of alkyl halides is 2. The minimum atomic E-state index is -1.67. The van der Waals surface area contributed by atoms with Crippen LogP contribution >= 0.6 is 0 Å². The SMILES string of the molecule is O=C(NCC1(F)CN(C(=O)Cc2cn[nH]c2)C1)C(F)C1CCCCC1. The van der Waals surface area contributed by atoms with E-state index >= 15 is 0 Å². The summed E-state index contributed by atoms with van der Waals surface area (Å²) in [5.41, 5.74) is -0.934. The molecule has 0 spiro atoms. The van der Waals surface area contributed by atoms with Crippen LogP contribution in [-0.4, -0.2) is 58.4 Å². The highest BCUT2D eigenvalue weighted by atomic mass is 19.1. The van der Waals surface area contributed by atoms with Gasteiger partial charge in [0.25, 0.3) is 5.91 Å². The molecule has 138 valence electrons. The van der Waals surface area contributed by atoms with Crippen LogP contribution in [0.1, 0.15) is 37.7 Å². The first-order valence-corrected chi connectivity index (χ1v) is 8.83. The molecule has 0 aromatic carbocycles. The lowest BCUT2D eigenvalue weighted by molar-refractivity contribution is -0.145. The van der Waals surface area contributed by atoms with E-state index in [2.05, 4.69) is 15.5 Å². The molecule has 1 aliphatic carbocycles. The van der Waals surface area contributed by atoms with Gasteiger partial charge in [-0.05, 0) is 24.3 Å². The normalized spacial score (nSPS) is 21.4. The largest absolute Gasteiger partial charge is 0.350 e. The maximum Gasteiger partial charge on any atom is 0.254 e. The Balaban J connectivity index is 1.40. The number of aromatic amines is 1. The molecule has 0 radical (unpaired) electrons. The van der Waals surface area contributed by atoms with Crippen molar-refractivity contribution in [3.8, 4) is 0 Å². The molecular formula is C17H24F2N4O2. The number of likely N-dealkylation sites (tertiary alicyclic amines) is 1. The van der Waals surface area contributed by atoms with Gasteiger partial charge >= 0.3 is 0 Å². The maximum absolute atomic E-state index is 14.5. The van der Waals surface area contributed by atoms with Crippen molar-refractivity contribution >= 4 is 11.8 Å². The summed E-state index contributed by atoms with van der Waals surface area (Å²) in [6, 6.07) is 0. The Bertz CT molecular complexity index is 596. The third kappa shape index (κ3) is 4.35. The van der Waals surface area contributed by atoms with Gasteiger partial charge in [-0.3, -0.25) is 14.7 Å². The lowest BCUT2D eigenvalue weighted by Gasteiger charge is -2.44. The number of aromatic nitrogens is 2. The first kappa shape index (κ1) is 17.8. The molecular weight excluding hydrogens is 330 g/mol. The van der Waals surface area contributed by atoms with Gasteiger partial charge in [-0.15, -0.1) is 0 Å². The number of hydrogen-bond acceptors (Lipinski definition) is 3. The molecule has 0 bridgehead atoms. The second-order valence-electron chi connectivity index (χ2n) is 7.20. The van der Waals surface area contributed by atoms with Gasteiger partial charge in [-0.2, -0.15) is 5.10 Å². The van der Waals surface area contributed by atoms with E-state index in [1.807, 2.05) is 0 Å². The molecule has 1 atom stereocenters. The van der Waals surface area contributed by atoms with Gasteiger partial charge in [0.2, 0.25) is 5.91 Å². The van der Waals surface area contributed by atoms with Crippen LogP contribution in [0.4, 0.5) is 8.78 Å². The highest BCUT2D eigenvalue weighted by molar-refractivity contribution is 5.81. The summed E-state index contributed by atoms with van der Waals surface area (Å²) in [4.78, 5) is 25.3. The average molecular weight is 354 g/mol. The Morgan fingerprint density at radius 3 is 2.72 bits per heavy atom. The highest BCUT2D eigenvalue weighted by Gasteiger charge is 2.46. The first-order valence-electron chi connectivity index (χ1n) is 8.83. The Kier molecular flexibility index (Phi) is 5.34. The van der Waals surface area contributed by atoms with E-state index in [1.165, 1.54) is 4.90 Å². The van der Waals surface area contributed by atoms with Crippen LogP contribution in [0.2, 0.25) is 0 Å². The Hall–Kier alpha value is -1.99. The van der Waals surface area contributed by atoms with E-state index in [9.17, 15) is 18.4 Å². The Labute approximate surface area is 145 Å². The fourth-order valence-corrected chi connectivity index (χ4v) is 3.57. The molecule has 25 heavy (non-hydrogen) atoms. The number of nitrogens with one attached hydrogen (secondary N) is 2. The van der Waals surface area contributed by atoms with E-state index < -0.39 is 17.7 Å². The summed E-state index contributed by atoms with van der Waals surface area (Å²) in [6.07, 6.45) is 6.16. The molecule has 1 aliphatic heterocycles. The summed E-state index contributed by atoms with van der Waals surface area (Å²) >= 11 is 0. The second kappa shape index (κ2) is 7.49. The predicted octanol–water partition coefficient (Wildman–Crippen LogP) is 1.54. The van der Waals surface area contributed by atoms with Gasteiger partial charge in [-0.1, -0.05) is 19.3 Å². The summed E-state index contributed by atoms with van der Waals surface area (Å²) in [7, 11) is 0. The molecule has 1 aromatic rings. The van der Waals surface area contributed by atoms with Crippen LogP contribution in [-0.2, 0) is 16.0 Å². The standard InChI is InChI=1S/C17H24F2N4O2/c18-15(13-4-2-1-3-5-13)16(25)20-9-17(19)10-23(11-17)14(24)6-12-7-21-22-8-12/h7-8,13,15H,1-6,9-11H2,(H,20,25)(H,21,22). The number of amides is 2. The van der Waals surface area contributed by atoms with Crippen LogP contribution in [0.25, 0.3) is 0 Å². The lowest BCUT2D eigenvalue weighted by atomic mass is 9.85. The van der Waals surface area contributed by atoms with Crippen molar-refractivity contribution in [1.82, 2.24) is 20.4 Å². The zero-order chi connectivity index (χ0) is 17.9. The second-order valence-corrected chi connectivity index (χ2v) is 7.20. The van der Waals surface area contributed by atoms with Crippen molar-refractivity contribution in [2.45, 2.75) is 50.4 Å². The number of halogens is 2. The molecule has 3 rings (SSSR count). The van der Waals surface area contributed by atoms with E-state index in [-0.39, 0.29) is 37.9 Å². The van der Waals surface area contributed by atoms with Crippen LogP contribution in [0, 0.1) is 5.92 Å². The van der Waals surface area contributed by atoms with Gasteiger partial charge in [0.15, 0.2) is 11.8 Å². The van der Waals surface area contributed by atoms with Crippen molar-refractivity contribution in [3.63, 3.8) is 0 Å². The fourth-order valence-electron chi connectivity index (χ4n) is 3.57. The summed E-state index contributed by atoms with van der Waals surface area (Å²) in [6.45, 7) is -0.414. The number of H-pyrrole nitrogens is 1. The van der Waals surface area contributed by atoms with E-state index in [0.29, 0.717) is 12.8 Å². The molecule has 2 heterocycles. The van der Waals surface area contributed by atoms with E-state index in [0.717, 1.165) is 24.8 Å². The molecule has 8 heteroatoms. The van der Waals surface area contributed by atoms with Crippen molar-refractivity contribution < 1.29 is 18.4 Å². The molecule has 2 fully saturated rings. The summed E-state index contributed by atoms with van der Waals surface area (Å²) < 4.78 is 28.7. The van der Waals surface area contributed by atoms with E-state index in [1.54, 1.807) is 12.4 Å². The van der Waals surface area contributed by atoms with Crippen molar-refractivity contribution in [1.29, 1.82) is 0 Å². The molecule has 1 saturated heterocycles. The first-order chi connectivity index (χ1) is 12.0. The molecule has 6 nitrogen and oxygen atoms in total. The van der Waals surface area contributed by atoms with Crippen LogP contribution in [0.3, 0.4) is 0 Å². The van der Waals surface area contributed by atoms with Crippen LogP contribution < -0.4 is 5.32 Å². The van der Waals surface area contributed by atoms with Crippen molar-refractivity contribution in [2.24, 2.45) is 5.92 Å². The van der Waals surface area contributed by atoms with Crippen molar-refractivity contribution in [2.75, 3.05) is 19.6 Å². The zero-order valence-electron chi connectivity index (χ0n) is 14.1. The molecule has 1 unspecified atom stereocenters. The van der Waals surface area contributed by atoms with Crippen molar-refractivity contribution in [3.05, 3.63) is 18.0 Å². The monoisotopic (exact) mass is 354 g/mol. The summed E-state index contributed by atoms with van der Waals surface area (Å²) in [5.74, 6) is -1.17. The molecule has 2 amide bonds. The predicted molar refractivity (Wildman–Crippen MR) is 87.2 cm³/mol. The minimum Gasteiger partial charge on any atom is -0.350 e. The molecule has 1 aromatic heterocycles. The van der Waals surface area contributed by atoms with Gasteiger partial charge in [0.1, 0.15) is 0 Å². The van der Waals surface area contributed by atoms with Crippen LogP contribution in [0.15, 0.2) is 12.4 Å². The third-order valence-corrected chi connectivity index (χ3v) is 5.10. The van der Waals surface area contributed by atoms with Gasteiger partial charge in [0.05, 0.1) is 32.3 Å². The smallest absolute Gasteiger partial charge is 0.254 e. The fraction of sp³-hybridized carbons (Fsp3) is 0.706. The molecule has 2 N–H and O–H groups in total. The Morgan fingerprint density at radius 1 is 1.36 bits per heavy atom. The molecule has 2 aliphatic rings. The van der Waals surface area contributed by atoms with Gasteiger partial charge in [-0.25, -0.2) is 8.78 Å². The minimum absolute atomic E-state index is 0.0790. The number of rotatable bonds is 6. The van der Waals surface area contributed by atoms with Gasteiger partial charge in [0, 0.05) is 6.20 Å².